The molecule has 0 saturated heterocycles. The molecule has 2 aromatic rings. The van der Waals surface area contributed by atoms with Gasteiger partial charge in [0.05, 0.1) is 10.5 Å². The predicted molar refractivity (Wildman–Crippen MR) is 75.1 cm³/mol. The number of hydrogen-bond donors (Lipinski definition) is 1. The lowest BCUT2D eigenvalue weighted by molar-refractivity contribution is -0.384. The molecule has 1 heterocycles. The Morgan fingerprint density at radius 2 is 2.33 bits per heavy atom. The molecule has 0 spiro atoms. The van der Waals surface area contributed by atoms with Crippen LogP contribution >= 0.6 is 11.8 Å². The topological polar surface area (TPSA) is 118 Å². The van der Waals surface area contributed by atoms with Crippen molar-refractivity contribution in [3.63, 3.8) is 0 Å². The van der Waals surface area contributed by atoms with Crippen molar-refractivity contribution in [2.45, 2.75) is 29.9 Å². The van der Waals surface area contributed by atoms with Gasteiger partial charge in [0.25, 0.3) is 5.69 Å². The number of nitriles is 1. The predicted octanol–water partition coefficient (Wildman–Crippen LogP) is 1.91. The molecule has 0 unspecified atom stereocenters. The maximum Gasteiger partial charge on any atom is 0.343 e. The van der Waals surface area contributed by atoms with Crippen molar-refractivity contribution in [2.75, 3.05) is 0 Å². The fourth-order valence-corrected chi connectivity index (χ4v) is 2.63. The number of nitrogens with one attached hydrogen (secondary N) is 1. The number of H-pyrrole nitrogens is 1. The molecular weight excluding hydrogens is 294 g/mol. The Balaban J connectivity index is 2.38. The second-order valence-corrected chi connectivity index (χ2v) is 5.12. The van der Waals surface area contributed by atoms with Gasteiger partial charge in [-0.05, 0) is 24.2 Å². The van der Waals surface area contributed by atoms with Crippen LogP contribution in [0.25, 0.3) is 0 Å². The third-order valence-electron chi connectivity index (χ3n) is 2.67. The highest BCUT2D eigenvalue weighted by molar-refractivity contribution is 7.99. The lowest BCUT2D eigenvalue weighted by atomic mass is 10.2. The van der Waals surface area contributed by atoms with E-state index >= 15 is 0 Å². The third kappa shape index (κ3) is 3.11. The van der Waals surface area contributed by atoms with Crippen LogP contribution in [0.15, 0.2) is 33.0 Å². The quantitative estimate of drug-likeness (QED) is 0.666. The van der Waals surface area contributed by atoms with Crippen LogP contribution in [-0.4, -0.2) is 19.7 Å². The molecular formula is C12H11N5O3S. The fraction of sp³-hybridized carbons (Fsp3) is 0.250. The Bertz CT molecular complexity index is 774. The number of rotatable bonds is 5. The van der Waals surface area contributed by atoms with Crippen LogP contribution in [-0.2, 0) is 6.54 Å². The van der Waals surface area contributed by atoms with Gasteiger partial charge in [-0.2, -0.15) is 5.26 Å². The first-order valence-electron chi connectivity index (χ1n) is 6.08. The summed E-state index contributed by atoms with van der Waals surface area (Å²) in [6.07, 6.45) is 0.762. The first-order chi connectivity index (χ1) is 10.1. The second-order valence-electron chi connectivity index (χ2n) is 4.11. The van der Waals surface area contributed by atoms with E-state index in [4.69, 9.17) is 5.26 Å². The summed E-state index contributed by atoms with van der Waals surface area (Å²) in [6.45, 7) is 2.44. The number of non-ortho nitro benzene ring substituents is 1. The highest BCUT2D eigenvalue weighted by Crippen LogP contribution is 2.30. The molecule has 108 valence electrons. The minimum atomic E-state index is -0.559. The standard InChI is InChI=1S/C12H11N5O3S/c1-2-5-16-11(18)14-15-12(16)21-10-4-3-9(17(19)20)6-8(10)7-13/h3-4,6H,2,5H2,1H3,(H,14,18). The van der Waals surface area contributed by atoms with E-state index in [2.05, 4.69) is 10.2 Å². The molecule has 0 aliphatic rings. The van der Waals surface area contributed by atoms with Crippen molar-refractivity contribution in [2.24, 2.45) is 0 Å². The number of aromatic amines is 1. The number of nitro benzene ring substituents is 1. The Morgan fingerprint density at radius 3 is 2.95 bits per heavy atom. The van der Waals surface area contributed by atoms with Crippen LogP contribution in [0.3, 0.4) is 0 Å². The zero-order valence-corrected chi connectivity index (χ0v) is 11.9. The maximum atomic E-state index is 11.6. The number of hydrogen-bond acceptors (Lipinski definition) is 6. The van der Waals surface area contributed by atoms with E-state index in [9.17, 15) is 14.9 Å². The van der Waals surface area contributed by atoms with Crippen LogP contribution in [0.5, 0.6) is 0 Å². The normalized spacial score (nSPS) is 10.3. The van der Waals surface area contributed by atoms with Gasteiger partial charge in [-0.3, -0.25) is 14.7 Å². The van der Waals surface area contributed by atoms with Crippen LogP contribution in [0.4, 0.5) is 5.69 Å². The summed E-state index contributed by atoms with van der Waals surface area (Å²) in [4.78, 5) is 22.3. The average Bonchev–Trinajstić information content (AvgIpc) is 2.81. The maximum absolute atomic E-state index is 11.6. The summed E-state index contributed by atoms with van der Waals surface area (Å²) in [7, 11) is 0. The zero-order chi connectivity index (χ0) is 15.4. The molecule has 2 rings (SSSR count). The summed E-state index contributed by atoms with van der Waals surface area (Å²) in [5.41, 5.74) is -0.295. The van der Waals surface area contributed by atoms with Crippen LogP contribution in [0.1, 0.15) is 18.9 Å². The minimum absolute atomic E-state index is 0.149. The van der Waals surface area contributed by atoms with E-state index < -0.39 is 4.92 Å². The van der Waals surface area contributed by atoms with Gasteiger partial charge in [-0.1, -0.05) is 6.92 Å². The highest BCUT2D eigenvalue weighted by atomic mass is 32.2. The van der Waals surface area contributed by atoms with E-state index in [1.807, 2.05) is 13.0 Å². The average molecular weight is 305 g/mol. The lowest BCUT2D eigenvalue weighted by Gasteiger charge is -2.05. The van der Waals surface area contributed by atoms with E-state index in [0.29, 0.717) is 16.6 Å². The van der Waals surface area contributed by atoms with Crippen molar-refractivity contribution in [3.8, 4) is 6.07 Å². The smallest absolute Gasteiger partial charge is 0.270 e. The van der Waals surface area contributed by atoms with Crippen molar-refractivity contribution in [1.29, 1.82) is 5.26 Å². The van der Waals surface area contributed by atoms with Crippen LogP contribution < -0.4 is 5.69 Å². The summed E-state index contributed by atoms with van der Waals surface area (Å²) in [6, 6.07) is 5.92. The van der Waals surface area contributed by atoms with Gasteiger partial charge >= 0.3 is 5.69 Å². The molecule has 1 N–H and O–H groups in total. The lowest BCUT2D eigenvalue weighted by Crippen LogP contribution is -2.17. The Labute approximate surface area is 123 Å². The summed E-state index contributed by atoms with van der Waals surface area (Å²) in [5, 5.41) is 26.5. The van der Waals surface area contributed by atoms with E-state index in [0.717, 1.165) is 18.2 Å². The van der Waals surface area contributed by atoms with Gasteiger partial charge < -0.3 is 0 Å². The van der Waals surface area contributed by atoms with Gasteiger partial charge in [0.15, 0.2) is 5.16 Å². The molecule has 8 nitrogen and oxygen atoms in total. The van der Waals surface area contributed by atoms with E-state index in [1.54, 1.807) is 0 Å². The first kappa shape index (κ1) is 14.8. The second kappa shape index (κ2) is 6.23. The molecule has 0 aliphatic heterocycles. The highest BCUT2D eigenvalue weighted by Gasteiger charge is 2.15. The molecule has 21 heavy (non-hydrogen) atoms. The van der Waals surface area contributed by atoms with Gasteiger partial charge in [-0.15, -0.1) is 5.10 Å². The van der Waals surface area contributed by atoms with Crippen molar-refractivity contribution < 1.29 is 4.92 Å². The molecule has 1 aromatic heterocycles. The largest absolute Gasteiger partial charge is 0.343 e. The summed E-state index contributed by atoms with van der Waals surface area (Å²) in [5.74, 6) is 0. The number of nitro groups is 1. The van der Waals surface area contributed by atoms with Gasteiger partial charge in [-0.25, -0.2) is 9.89 Å². The first-order valence-corrected chi connectivity index (χ1v) is 6.90. The molecule has 0 fully saturated rings. The van der Waals surface area contributed by atoms with Gasteiger partial charge in [0.1, 0.15) is 6.07 Å². The van der Waals surface area contributed by atoms with Crippen LogP contribution in [0.2, 0.25) is 0 Å². The number of benzene rings is 1. The van der Waals surface area contributed by atoms with E-state index in [-0.39, 0.29) is 16.9 Å². The minimum Gasteiger partial charge on any atom is -0.270 e. The van der Waals surface area contributed by atoms with Crippen molar-refractivity contribution in [3.05, 3.63) is 44.4 Å². The molecule has 0 amide bonds. The molecule has 0 aliphatic carbocycles. The van der Waals surface area contributed by atoms with Crippen molar-refractivity contribution in [1.82, 2.24) is 14.8 Å². The molecule has 9 heteroatoms. The fourth-order valence-electron chi connectivity index (χ4n) is 1.71. The molecule has 0 bridgehead atoms. The van der Waals surface area contributed by atoms with Crippen LogP contribution in [0, 0.1) is 21.4 Å². The third-order valence-corrected chi connectivity index (χ3v) is 3.74. The number of nitrogens with zero attached hydrogens (tertiary/aromatic N) is 4. The molecule has 0 atom stereocenters. The van der Waals surface area contributed by atoms with E-state index in [1.165, 1.54) is 22.8 Å². The molecule has 0 radical (unpaired) electrons. The molecule has 1 aromatic carbocycles. The monoisotopic (exact) mass is 305 g/mol. The van der Waals surface area contributed by atoms with Gasteiger partial charge in [0, 0.05) is 23.6 Å². The van der Waals surface area contributed by atoms with Gasteiger partial charge in [0.2, 0.25) is 0 Å². The molecule has 0 saturated carbocycles. The Hall–Kier alpha value is -2.60. The zero-order valence-electron chi connectivity index (χ0n) is 11.1. The van der Waals surface area contributed by atoms with Crippen molar-refractivity contribution >= 4 is 17.4 Å². The Morgan fingerprint density at radius 1 is 1.57 bits per heavy atom. The SMILES string of the molecule is CCCn1c(Sc2ccc([N+](=O)[O-])cc2C#N)n[nH]c1=O. The summed E-state index contributed by atoms with van der Waals surface area (Å²) >= 11 is 1.12. The summed E-state index contributed by atoms with van der Waals surface area (Å²) < 4.78 is 1.47. The number of aromatic nitrogens is 3. The Kier molecular flexibility index (Phi) is 4.39.